The maximum atomic E-state index is 12.4. The predicted octanol–water partition coefficient (Wildman–Crippen LogP) is 18.5. The van der Waals surface area contributed by atoms with Crippen LogP contribution in [0.3, 0.4) is 0 Å². The molecule has 364 valence electrons. The molecule has 0 spiro atoms. The molecule has 0 rings (SSSR count). The van der Waals surface area contributed by atoms with E-state index in [0.717, 1.165) is 25.7 Å². The Morgan fingerprint density at radius 3 is 0.852 bits per heavy atom. The van der Waals surface area contributed by atoms with Crippen molar-refractivity contribution in [2.45, 2.75) is 341 Å². The second-order valence-electron chi connectivity index (χ2n) is 19.7. The van der Waals surface area contributed by atoms with Crippen LogP contribution in [-0.4, -0.2) is 34.9 Å². The van der Waals surface area contributed by atoms with Gasteiger partial charge in [0.2, 0.25) is 5.91 Å². The molecule has 0 aliphatic carbocycles. The molecule has 1 amide bonds. The highest BCUT2D eigenvalue weighted by atomic mass is 16.3. The third-order valence-electron chi connectivity index (χ3n) is 13.5. The molecular weight excluding hydrogens is 747 g/mol. The Kier molecular flexibility index (Phi) is 52.7. The molecule has 0 bridgehead atoms. The van der Waals surface area contributed by atoms with E-state index in [1.54, 1.807) is 6.08 Å². The summed E-state index contributed by atoms with van der Waals surface area (Å²) in [6.45, 7) is 4.32. The smallest absolute Gasteiger partial charge is 0.220 e. The summed E-state index contributed by atoms with van der Waals surface area (Å²) < 4.78 is 0. The fourth-order valence-corrected chi connectivity index (χ4v) is 9.18. The van der Waals surface area contributed by atoms with Crippen LogP contribution in [-0.2, 0) is 4.79 Å². The van der Waals surface area contributed by atoms with Crippen LogP contribution in [0.1, 0.15) is 328 Å². The molecule has 4 nitrogen and oxygen atoms in total. The largest absolute Gasteiger partial charge is 0.394 e. The minimum Gasteiger partial charge on any atom is -0.394 e. The molecule has 0 aromatic carbocycles. The van der Waals surface area contributed by atoms with E-state index >= 15 is 0 Å². The number of aliphatic hydroxyl groups is 2. The molecule has 0 aliphatic rings. The van der Waals surface area contributed by atoms with Crippen LogP contribution in [0.25, 0.3) is 0 Å². The number of carbonyl (C=O) groups is 1. The lowest BCUT2D eigenvalue weighted by molar-refractivity contribution is -0.123. The van der Waals surface area contributed by atoms with Crippen molar-refractivity contribution in [1.29, 1.82) is 0 Å². The van der Waals surface area contributed by atoms with Crippen molar-refractivity contribution < 1.29 is 15.0 Å². The maximum Gasteiger partial charge on any atom is 0.220 e. The topological polar surface area (TPSA) is 69.6 Å². The third kappa shape index (κ3) is 50.0. The first-order valence-corrected chi connectivity index (χ1v) is 28.4. The predicted molar refractivity (Wildman–Crippen MR) is 272 cm³/mol. The van der Waals surface area contributed by atoms with Crippen LogP contribution < -0.4 is 5.32 Å². The van der Waals surface area contributed by atoms with Crippen molar-refractivity contribution >= 4 is 5.91 Å². The molecule has 0 radical (unpaired) electrons. The van der Waals surface area contributed by atoms with E-state index in [0.29, 0.717) is 6.42 Å². The highest BCUT2D eigenvalue weighted by Gasteiger charge is 2.18. The Morgan fingerprint density at radius 2 is 0.607 bits per heavy atom. The van der Waals surface area contributed by atoms with Crippen LogP contribution in [0.5, 0.6) is 0 Å². The quantitative estimate of drug-likeness (QED) is 0.0421. The van der Waals surface area contributed by atoms with Gasteiger partial charge in [-0.15, -0.1) is 0 Å². The van der Waals surface area contributed by atoms with E-state index in [-0.39, 0.29) is 12.5 Å². The molecule has 0 aromatic heterocycles. The van der Waals surface area contributed by atoms with Gasteiger partial charge in [-0.05, 0) is 19.3 Å². The Bertz CT molecular complexity index is 844. The second kappa shape index (κ2) is 53.5. The number of aliphatic hydroxyl groups excluding tert-OH is 2. The zero-order valence-corrected chi connectivity index (χ0v) is 42.0. The standard InChI is InChI=1S/C57H113NO3/c1-3-5-7-9-11-13-15-16-17-18-19-20-21-22-23-24-25-26-27-28-29-30-31-32-33-34-35-36-37-38-39-40-41-42-43-45-47-49-51-53-57(61)58-55(54-59)56(60)52-50-48-46-44-14-12-10-8-6-4-2/h50,52,55-56,59-60H,3-49,51,53-54H2,1-2H3,(H,58,61)/b52-50+. The lowest BCUT2D eigenvalue weighted by Gasteiger charge is -2.20. The molecule has 0 saturated heterocycles. The van der Waals surface area contributed by atoms with Gasteiger partial charge in [0.1, 0.15) is 0 Å². The van der Waals surface area contributed by atoms with Crippen LogP contribution in [0.4, 0.5) is 0 Å². The number of rotatable bonds is 53. The number of hydrogen-bond donors (Lipinski definition) is 3. The second-order valence-corrected chi connectivity index (χ2v) is 19.7. The van der Waals surface area contributed by atoms with Gasteiger partial charge in [-0.2, -0.15) is 0 Å². The zero-order chi connectivity index (χ0) is 44.2. The summed E-state index contributed by atoms with van der Waals surface area (Å²) in [5, 5.41) is 23.0. The van der Waals surface area contributed by atoms with Gasteiger partial charge in [-0.3, -0.25) is 4.79 Å². The van der Waals surface area contributed by atoms with Gasteiger partial charge >= 0.3 is 0 Å². The molecule has 2 atom stereocenters. The average molecular weight is 861 g/mol. The van der Waals surface area contributed by atoms with Gasteiger partial charge in [-0.25, -0.2) is 0 Å². The lowest BCUT2D eigenvalue weighted by atomic mass is 10.0. The SMILES string of the molecule is CCCCCCCCCC/C=C/C(O)C(CO)NC(=O)CCCCCCCCCCCCCCCCCCCCCCCCCCCCCCCCCCCCCCCCC. The molecule has 0 fully saturated rings. The Morgan fingerprint density at radius 1 is 0.377 bits per heavy atom. The first kappa shape index (κ1) is 60.1. The lowest BCUT2D eigenvalue weighted by Crippen LogP contribution is -2.45. The Balaban J connectivity index is 3.30. The van der Waals surface area contributed by atoms with Crippen LogP contribution in [0, 0.1) is 0 Å². The fourth-order valence-electron chi connectivity index (χ4n) is 9.18. The highest BCUT2D eigenvalue weighted by Crippen LogP contribution is 2.18. The van der Waals surface area contributed by atoms with E-state index in [4.69, 9.17) is 0 Å². The summed E-state index contributed by atoms with van der Waals surface area (Å²) >= 11 is 0. The summed E-state index contributed by atoms with van der Waals surface area (Å²) in [5.74, 6) is -0.0591. The van der Waals surface area contributed by atoms with E-state index < -0.39 is 12.1 Å². The molecule has 0 aliphatic heterocycles. The molecule has 4 heteroatoms. The number of hydrogen-bond acceptors (Lipinski definition) is 3. The molecule has 0 heterocycles. The summed E-state index contributed by atoms with van der Waals surface area (Å²) in [4.78, 5) is 12.4. The molecule has 2 unspecified atom stereocenters. The van der Waals surface area contributed by atoms with Gasteiger partial charge < -0.3 is 15.5 Å². The Hall–Kier alpha value is -0.870. The van der Waals surface area contributed by atoms with Crippen molar-refractivity contribution in [1.82, 2.24) is 5.32 Å². The molecule has 3 N–H and O–H groups in total. The normalized spacial score (nSPS) is 12.8. The van der Waals surface area contributed by atoms with Gasteiger partial charge in [0.25, 0.3) is 0 Å². The molecule has 61 heavy (non-hydrogen) atoms. The minimum absolute atomic E-state index is 0.0591. The summed E-state index contributed by atoms with van der Waals surface area (Å²) in [5.41, 5.74) is 0. The monoisotopic (exact) mass is 860 g/mol. The average Bonchev–Trinajstić information content (AvgIpc) is 3.26. The van der Waals surface area contributed by atoms with Crippen molar-refractivity contribution in [3.05, 3.63) is 12.2 Å². The molecule has 0 saturated carbocycles. The van der Waals surface area contributed by atoms with Crippen LogP contribution in [0.2, 0.25) is 0 Å². The fraction of sp³-hybridized carbons (Fsp3) is 0.947. The number of amides is 1. The van der Waals surface area contributed by atoms with Gasteiger partial charge in [0, 0.05) is 6.42 Å². The van der Waals surface area contributed by atoms with E-state index in [2.05, 4.69) is 19.2 Å². The number of nitrogens with one attached hydrogen (secondary N) is 1. The van der Waals surface area contributed by atoms with E-state index in [1.165, 1.54) is 283 Å². The van der Waals surface area contributed by atoms with Crippen molar-refractivity contribution in [3.63, 3.8) is 0 Å². The van der Waals surface area contributed by atoms with E-state index in [1.807, 2.05) is 6.08 Å². The molecule has 0 aromatic rings. The Labute approximate surface area is 384 Å². The first-order valence-electron chi connectivity index (χ1n) is 28.4. The van der Waals surface area contributed by atoms with Crippen molar-refractivity contribution in [2.75, 3.05) is 6.61 Å². The first-order chi connectivity index (χ1) is 30.2. The van der Waals surface area contributed by atoms with Crippen LogP contribution >= 0.6 is 0 Å². The maximum absolute atomic E-state index is 12.4. The summed E-state index contributed by atoms with van der Waals surface area (Å²) in [6.07, 6.45) is 69.8. The number of allylic oxidation sites excluding steroid dienone is 1. The minimum atomic E-state index is -0.833. The van der Waals surface area contributed by atoms with E-state index in [9.17, 15) is 15.0 Å². The highest BCUT2D eigenvalue weighted by molar-refractivity contribution is 5.76. The number of unbranched alkanes of at least 4 members (excludes halogenated alkanes) is 46. The third-order valence-corrected chi connectivity index (χ3v) is 13.5. The zero-order valence-electron chi connectivity index (χ0n) is 42.0. The summed E-state index contributed by atoms with van der Waals surface area (Å²) in [7, 11) is 0. The van der Waals surface area contributed by atoms with Crippen molar-refractivity contribution in [3.8, 4) is 0 Å². The van der Waals surface area contributed by atoms with Gasteiger partial charge in [-0.1, -0.05) is 315 Å². The number of carbonyl (C=O) groups excluding carboxylic acids is 1. The van der Waals surface area contributed by atoms with Gasteiger partial charge in [0.15, 0.2) is 0 Å². The summed E-state index contributed by atoms with van der Waals surface area (Å²) in [6, 6.07) is -0.616. The van der Waals surface area contributed by atoms with Gasteiger partial charge in [0.05, 0.1) is 18.8 Å². The molecular formula is C57H113NO3. The van der Waals surface area contributed by atoms with Crippen LogP contribution in [0.15, 0.2) is 12.2 Å². The van der Waals surface area contributed by atoms with Crippen molar-refractivity contribution in [2.24, 2.45) is 0 Å².